The second-order valence-corrected chi connectivity index (χ2v) is 2.93. The van der Waals surface area contributed by atoms with Crippen molar-refractivity contribution in [2.75, 3.05) is 0 Å². The zero-order valence-electron chi connectivity index (χ0n) is 6.59. The molecule has 0 bridgehead atoms. The van der Waals surface area contributed by atoms with Crippen LogP contribution in [0.15, 0.2) is 30.8 Å². The standard InChI is InChI=1S/C10H11N/c1-7-9-5-3-4-6-10(9)8(2)11-7/h3-6,8,11H,1H2,2H3. The molecule has 2 rings (SSSR count). The summed E-state index contributed by atoms with van der Waals surface area (Å²) in [4.78, 5) is 0. The number of rotatable bonds is 0. The molecule has 0 saturated carbocycles. The number of nitrogens with one attached hydrogen (secondary N) is 1. The van der Waals surface area contributed by atoms with Crippen LogP contribution in [-0.4, -0.2) is 0 Å². The molecular weight excluding hydrogens is 134 g/mol. The molecule has 11 heavy (non-hydrogen) atoms. The van der Waals surface area contributed by atoms with Crippen molar-refractivity contribution >= 4 is 5.70 Å². The summed E-state index contributed by atoms with van der Waals surface area (Å²) in [5.41, 5.74) is 3.67. The van der Waals surface area contributed by atoms with Crippen molar-refractivity contribution in [2.24, 2.45) is 0 Å². The van der Waals surface area contributed by atoms with E-state index in [1.54, 1.807) is 0 Å². The first-order chi connectivity index (χ1) is 5.29. The molecule has 1 N–H and O–H groups in total. The van der Waals surface area contributed by atoms with Crippen molar-refractivity contribution in [2.45, 2.75) is 13.0 Å². The Morgan fingerprint density at radius 1 is 1.36 bits per heavy atom. The minimum atomic E-state index is 0.429. The van der Waals surface area contributed by atoms with Crippen LogP contribution in [0.1, 0.15) is 24.1 Å². The third kappa shape index (κ3) is 0.845. The predicted molar refractivity (Wildman–Crippen MR) is 47.0 cm³/mol. The van der Waals surface area contributed by atoms with E-state index in [1.807, 2.05) is 6.07 Å². The van der Waals surface area contributed by atoms with Gasteiger partial charge in [0.05, 0.1) is 0 Å². The lowest BCUT2D eigenvalue weighted by molar-refractivity contribution is 0.737. The third-order valence-electron chi connectivity index (χ3n) is 2.14. The molecule has 1 aliphatic rings. The minimum Gasteiger partial charge on any atom is -0.378 e. The molecule has 0 fully saturated rings. The van der Waals surface area contributed by atoms with Gasteiger partial charge in [-0.2, -0.15) is 0 Å². The second kappa shape index (κ2) is 2.12. The predicted octanol–water partition coefficient (Wildman–Crippen LogP) is 2.32. The first kappa shape index (κ1) is 6.47. The monoisotopic (exact) mass is 145 g/mol. The molecule has 0 aliphatic carbocycles. The zero-order chi connectivity index (χ0) is 7.84. The smallest absolute Gasteiger partial charge is 0.0492 e. The number of hydrogen-bond acceptors (Lipinski definition) is 1. The molecule has 0 radical (unpaired) electrons. The fourth-order valence-corrected chi connectivity index (χ4v) is 1.57. The van der Waals surface area contributed by atoms with Gasteiger partial charge < -0.3 is 5.32 Å². The second-order valence-electron chi connectivity index (χ2n) is 2.93. The molecule has 1 aliphatic heterocycles. The highest BCUT2D eigenvalue weighted by atomic mass is 14.9. The van der Waals surface area contributed by atoms with Crippen LogP contribution < -0.4 is 5.32 Å². The van der Waals surface area contributed by atoms with E-state index in [2.05, 4.69) is 37.0 Å². The molecule has 0 spiro atoms. The van der Waals surface area contributed by atoms with Crippen LogP contribution in [-0.2, 0) is 0 Å². The van der Waals surface area contributed by atoms with Crippen molar-refractivity contribution in [1.82, 2.24) is 5.32 Å². The quantitative estimate of drug-likeness (QED) is 0.590. The lowest BCUT2D eigenvalue weighted by Gasteiger charge is -2.02. The Labute approximate surface area is 66.7 Å². The summed E-state index contributed by atoms with van der Waals surface area (Å²) in [6, 6.07) is 8.79. The number of fused-ring (bicyclic) bond motifs is 1. The van der Waals surface area contributed by atoms with Crippen molar-refractivity contribution in [3.63, 3.8) is 0 Å². The summed E-state index contributed by atoms with van der Waals surface area (Å²) in [7, 11) is 0. The van der Waals surface area contributed by atoms with Gasteiger partial charge in [0.1, 0.15) is 0 Å². The van der Waals surface area contributed by atoms with Crippen LogP contribution in [0.3, 0.4) is 0 Å². The molecule has 0 saturated heterocycles. The molecule has 1 unspecified atom stereocenters. The summed E-state index contributed by atoms with van der Waals surface area (Å²) in [6.45, 7) is 6.08. The Morgan fingerprint density at radius 2 is 2.09 bits per heavy atom. The molecule has 1 heterocycles. The van der Waals surface area contributed by atoms with E-state index in [-0.39, 0.29) is 0 Å². The van der Waals surface area contributed by atoms with Crippen LogP contribution in [0.5, 0.6) is 0 Å². The first-order valence-electron chi connectivity index (χ1n) is 3.84. The summed E-state index contributed by atoms with van der Waals surface area (Å²) in [5, 5.41) is 3.29. The van der Waals surface area contributed by atoms with Gasteiger partial charge in [-0.1, -0.05) is 30.8 Å². The molecule has 1 heteroatoms. The van der Waals surface area contributed by atoms with E-state index in [9.17, 15) is 0 Å². The van der Waals surface area contributed by atoms with Gasteiger partial charge in [-0.25, -0.2) is 0 Å². The lowest BCUT2D eigenvalue weighted by Crippen LogP contribution is -2.05. The van der Waals surface area contributed by atoms with E-state index < -0.39 is 0 Å². The maximum Gasteiger partial charge on any atom is 0.0492 e. The van der Waals surface area contributed by atoms with E-state index in [1.165, 1.54) is 11.1 Å². The Balaban J connectivity index is 2.60. The molecule has 0 aromatic heterocycles. The third-order valence-corrected chi connectivity index (χ3v) is 2.14. The van der Waals surface area contributed by atoms with Gasteiger partial charge in [0.15, 0.2) is 0 Å². The van der Waals surface area contributed by atoms with Gasteiger partial charge in [0, 0.05) is 17.3 Å². The van der Waals surface area contributed by atoms with Crippen molar-refractivity contribution < 1.29 is 0 Å². The molecular formula is C10H11N. The van der Waals surface area contributed by atoms with E-state index >= 15 is 0 Å². The van der Waals surface area contributed by atoms with Gasteiger partial charge in [-0.15, -0.1) is 0 Å². The summed E-state index contributed by atoms with van der Waals surface area (Å²) >= 11 is 0. The minimum absolute atomic E-state index is 0.429. The molecule has 56 valence electrons. The Bertz CT molecular complexity index is 301. The average Bonchev–Trinajstić information content (AvgIpc) is 2.30. The van der Waals surface area contributed by atoms with Gasteiger partial charge in [-0.3, -0.25) is 0 Å². The van der Waals surface area contributed by atoms with Crippen LogP contribution in [0.25, 0.3) is 5.70 Å². The molecule has 1 atom stereocenters. The Hall–Kier alpha value is -1.24. The molecule has 1 aromatic rings. The van der Waals surface area contributed by atoms with Gasteiger partial charge in [0.25, 0.3) is 0 Å². The van der Waals surface area contributed by atoms with E-state index in [0.29, 0.717) is 6.04 Å². The number of benzene rings is 1. The van der Waals surface area contributed by atoms with Crippen LogP contribution in [0, 0.1) is 0 Å². The van der Waals surface area contributed by atoms with Crippen LogP contribution >= 0.6 is 0 Å². The highest BCUT2D eigenvalue weighted by Gasteiger charge is 2.18. The van der Waals surface area contributed by atoms with Gasteiger partial charge >= 0.3 is 0 Å². The summed E-state index contributed by atoms with van der Waals surface area (Å²) < 4.78 is 0. The van der Waals surface area contributed by atoms with Crippen molar-refractivity contribution in [3.05, 3.63) is 42.0 Å². The van der Waals surface area contributed by atoms with Crippen LogP contribution in [0.2, 0.25) is 0 Å². The Morgan fingerprint density at radius 3 is 2.82 bits per heavy atom. The fraction of sp³-hybridized carbons (Fsp3) is 0.200. The molecule has 0 amide bonds. The van der Waals surface area contributed by atoms with Crippen molar-refractivity contribution in [1.29, 1.82) is 0 Å². The maximum absolute atomic E-state index is 3.93. The molecule has 1 nitrogen and oxygen atoms in total. The van der Waals surface area contributed by atoms with Crippen LogP contribution in [0.4, 0.5) is 0 Å². The largest absolute Gasteiger partial charge is 0.378 e. The van der Waals surface area contributed by atoms with Crippen molar-refractivity contribution in [3.8, 4) is 0 Å². The molecule has 1 aromatic carbocycles. The van der Waals surface area contributed by atoms with Gasteiger partial charge in [-0.05, 0) is 12.5 Å². The SMILES string of the molecule is C=C1NC(C)c2ccccc21. The maximum atomic E-state index is 3.93. The lowest BCUT2D eigenvalue weighted by atomic mass is 10.1. The van der Waals surface area contributed by atoms with E-state index in [0.717, 1.165) is 5.70 Å². The highest BCUT2D eigenvalue weighted by molar-refractivity contribution is 5.69. The summed E-state index contributed by atoms with van der Waals surface area (Å²) in [6.07, 6.45) is 0. The fourth-order valence-electron chi connectivity index (χ4n) is 1.57. The zero-order valence-corrected chi connectivity index (χ0v) is 6.59. The normalized spacial score (nSPS) is 21.2. The van der Waals surface area contributed by atoms with E-state index in [4.69, 9.17) is 0 Å². The first-order valence-corrected chi connectivity index (χ1v) is 3.84. The number of hydrogen-bond donors (Lipinski definition) is 1. The average molecular weight is 145 g/mol. The summed E-state index contributed by atoms with van der Waals surface area (Å²) in [5.74, 6) is 0. The Kier molecular flexibility index (Phi) is 1.25. The highest BCUT2D eigenvalue weighted by Crippen LogP contribution is 2.30. The van der Waals surface area contributed by atoms with Gasteiger partial charge in [0.2, 0.25) is 0 Å². The topological polar surface area (TPSA) is 12.0 Å².